The molecule has 0 bridgehead atoms. The average molecular weight is 921 g/mol. The molecule has 1 unspecified atom stereocenters. The number of fused-ring (bicyclic) bond motifs is 2. The number of phenolic OH excluding ortho intramolecular Hbond substituents is 1. The molecule has 1 aliphatic carbocycles. The van der Waals surface area contributed by atoms with Gasteiger partial charge in [0.25, 0.3) is 11.8 Å². The fourth-order valence-corrected chi connectivity index (χ4v) is 12.0. The Hall–Kier alpha value is -5.64. The number of piperazine rings is 2. The van der Waals surface area contributed by atoms with Crippen molar-refractivity contribution in [1.82, 2.24) is 20.0 Å². The second kappa shape index (κ2) is 18.2. The number of nitrogens with zero attached hydrogens (tertiary/aromatic N) is 5. The molecule has 2 N–H and O–H groups in total. The molecule has 15 heteroatoms. The molecule has 346 valence electrons. The number of nitrogens with one attached hydrogen (secondary N) is 1. The molecule has 0 radical (unpaired) electrons. The normalized spacial score (nSPS) is 22.3. The number of halogens is 3. The van der Waals surface area contributed by atoms with Gasteiger partial charge in [-0.25, -0.2) is 13.2 Å². The van der Waals surface area contributed by atoms with Crippen molar-refractivity contribution in [3.8, 4) is 27.7 Å². The maximum Gasteiger partial charge on any atom is 0.271 e. The van der Waals surface area contributed by atoms with Crippen LogP contribution in [0.4, 0.5) is 24.5 Å². The number of alkyl halides is 2. The Bertz CT molecular complexity index is 2640. The summed E-state index contributed by atoms with van der Waals surface area (Å²) in [4.78, 5) is 49.6. The maximum absolute atomic E-state index is 14.8. The van der Waals surface area contributed by atoms with Gasteiger partial charge in [-0.05, 0) is 109 Å². The van der Waals surface area contributed by atoms with Gasteiger partial charge in [-0.2, -0.15) is 0 Å². The second-order valence-electron chi connectivity index (χ2n) is 18.7. The van der Waals surface area contributed by atoms with Crippen LogP contribution in [-0.2, 0) is 22.1 Å². The number of rotatable bonds is 11. The van der Waals surface area contributed by atoms with Gasteiger partial charge in [0.15, 0.2) is 5.75 Å². The first-order valence-corrected chi connectivity index (χ1v) is 24.1. The molecule has 0 spiro atoms. The number of piperidine rings is 1. The third-order valence-corrected chi connectivity index (χ3v) is 15.6. The Kier molecular flexibility index (Phi) is 12.2. The molecule has 5 aromatic rings. The fourth-order valence-electron chi connectivity index (χ4n) is 10.8. The number of hydrogen-bond acceptors (Lipinski definition) is 10. The van der Waals surface area contributed by atoms with Gasteiger partial charge >= 0.3 is 0 Å². The molecule has 5 aliphatic rings. The Balaban J connectivity index is 0.723. The number of phenols is 1. The van der Waals surface area contributed by atoms with Gasteiger partial charge in [0.2, 0.25) is 11.8 Å². The molecular weight excluding hydrogens is 866 g/mol. The van der Waals surface area contributed by atoms with E-state index >= 15 is 0 Å². The second-order valence-corrected chi connectivity index (χ2v) is 19.8. The van der Waals surface area contributed by atoms with E-state index in [2.05, 4.69) is 31.0 Å². The van der Waals surface area contributed by atoms with Crippen LogP contribution in [0.3, 0.4) is 0 Å². The molecule has 5 heterocycles. The summed E-state index contributed by atoms with van der Waals surface area (Å²) in [6.45, 7) is 11.0. The third kappa shape index (κ3) is 9.09. The number of amides is 3. The number of carbonyl (C=O) groups excluding carboxylic acids is 3. The number of anilines is 2. The Morgan fingerprint density at radius 1 is 0.758 bits per heavy atom. The van der Waals surface area contributed by atoms with Crippen LogP contribution >= 0.6 is 11.3 Å². The number of aromatic hydroxyl groups is 1. The summed E-state index contributed by atoms with van der Waals surface area (Å²) >= 11 is 1.22. The number of hydrogen-bond donors (Lipinski definition) is 2. The monoisotopic (exact) mass is 920 g/mol. The molecular formula is C51H55F3N6O5S. The van der Waals surface area contributed by atoms with Gasteiger partial charge in [0, 0.05) is 123 Å². The highest BCUT2D eigenvalue weighted by molar-refractivity contribution is 7.22. The predicted octanol–water partition coefficient (Wildman–Crippen LogP) is 8.83. The smallest absolute Gasteiger partial charge is 0.271 e. The van der Waals surface area contributed by atoms with Gasteiger partial charge in [-0.3, -0.25) is 29.5 Å². The SMILES string of the molecule is CC(F)(F)c1cc(F)ccc1-c1sc2cc(O)ccc2c1Oc1ccc(N2CCN(C[C@@H]3CCCC[C@H]3CN3CCN(c4ccc5c(c4)CN(C4CCC(=O)NC4=O)C5=O)CC3)CC2)cc1. The minimum Gasteiger partial charge on any atom is -0.508 e. The highest BCUT2D eigenvalue weighted by atomic mass is 32.1. The van der Waals surface area contributed by atoms with Crippen molar-refractivity contribution >= 4 is 50.5 Å². The van der Waals surface area contributed by atoms with Crippen LogP contribution in [0, 0.1) is 17.7 Å². The molecule has 1 saturated carbocycles. The van der Waals surface area contributed by atoms with Crippen molar-refractivity contribution in [2.75, 3.05) is 75.2 Å². The van der Waals surface area contributed by atoms with E-state index in [0.29, 0.717) is 56.8 Å². The molecule has 11 nitrogen and oxygen atoms in total. The van der Waals surface area contributed by atoms with Gasteiger partial charge in [-0.1, -0.05) is 18.9 Å². The molecule has 4 aliphatic heterocycles. The van der Waals surface area contributed by atoms with E-state index in [4.69, 9.17) is 4.74 Å². The summed E-state index contributed by atoms with van der Waals surface area (Å²) in [5.74, 6) is -2.53. The Morgan fingerprint density at radius 3 is 2.05 bits per heavy atom. The predicted molar refractivity (Wildman–Crippen MR) is 250 cm³/mol. The molecule has 66 heavy (non-hydrogen) atoms. The largest absolute Gasteiger partial charge is 0.508 e. The highest BCUT2D eigenvalue weighted by Gasteiger charge is 2.40. The molecule has 3 amide bonds. The molecule has 4 aromatic carbocycles. The lowest BCUT2D eigenvalue weighted by Gasteiger charge is -2.43. The van der Waals surface area contributed by atoms with E-state index in [1.807, 2.05) is 36.4 Å². The zero-order chi connectivity index (χ0) is 45.7. The van der Waals surface area contributed by atoms with Crippen LogP contribution < -0.4 is 19.9 Å². The summed E-state index contributed by atoms with van der Waals surface area (Å²) in [5, 5.41) is 13.3. The third-order valence-electron chi connectivity index (χ3n) is 14.4. The molecule has 3 saturated heterocycles. The molecule has 1 aromatic heterocycles. The van der Waals surface area contributed by atoms with Crippen LogP contribution in [0.25, 0.3) is 20.5 Å². The topological polar surface area (TPSA) is 109 Å². The summed E-state index contributed by atoms with van der Waals surface area (Å²) in [6.07, 6.45) is 5.71. The summed E-state index contributed by atoms with van der Waals surface area (Å²) in [6, 6.07) is 21.5. The first-order valence-electron chi connectivity index (χ1n) is 23.3. The minimum absolute atomic E-state index is 0.0507. The number of ether oxygens (including phenoxy) is 1. The fraction of sp³-hybridized carbons (Fsp3) is 0.431. The summed E-state index contributed by atoms with van der Waals surface area (Å²) in [7, 11) is 0. The quantitative estimate of drug-likeness (QED) is 0.126. The molecule has 3 atom stereocenters. The zero-order valence-corrected chi connectivity index (χ0v) is 37.9. The highest BCUT2D eigenvalue weighted by Crippen LogP contribution is 2.50. The van der Waals surface area contributed by atoms with Crippen molar-refractivity contribution in [2.24, 2.45) is 11.8 Å². The summed E-state index contributed by atoms with van der Waals surface area (Å²) in [5.41, 5.74) is 3.54. The summed E-state index contributed by atoms with van der Waals surface area (Å²) < 4.78 is 50.9. The van der Waals surface area contributed by atoms with Crippen molar-refractivity contribution in [3.05, 3.63) is 101 Å². The van der Waals surface area contributed by atoms with E-state index in [9.17, 15) is 32.7 Å². The zero-order valence-electron chi connectivity index (χ0n) is 37.1. The van der Waals surface area contributed by atoms with E-state index < -0.39 is 23.3 Å². The Morgan fingerprint density at radius 2 is 1.39 bits per heavy atom. The lowest BCUT2D eigenvalue weighted by Crippen LogP contribution is -2.52. The maximum atomic E-state index is 14.8. The number of carbonyl (C=O) groups is 3. The Labute approximate surface area is 386 Å². The first kappa shape index (κ1) is 44.2. The van der Waals surface area contributed by atoms with Crippen molar-refractivity contribution in [3.63, 3.8) is 0 Å². The van der Waals surface area contributed by atoms with Crippen molar-refractivity contribution in [2.45, 2.75) is 64.0 Å². The van der Waals surface area contributed by atoms with Crippen LogP contribution in [0.1, 0.15) is 66.9 Å². The van der Waals surface area contributed by atoms with Gasteiger partial charge in [0.05, 0.1) is 4.88 Å². The van der Waals surface area contributed by atoms with E-state index in [1.54, 1.807) is 17.0 Å². The molecule has 10 rings (SSSR count). The lowest BCUT2D eigenvalue weighted by atomic mass is 9.78. The average Bonchev–Trinajstić information content (AvgIpc) is 3.82. The van der Waals surface area contributed by atoms with Crippen LogP contribution in [0.5, 0.6) is 17.2 Å². The number of imide groups is 1. The van der Waals surface area contributed by atoms with Crippen molar-refractivity contribution in [1.29, 1.82) is 0 Å². The first-order chi connectivity index (χ1) is 31.8. The van der Waals surface area contributed by atoms with E-state index in [-0.39, 0.29) is 35.5 Å². The lowest BCUT2D eigenvalue weighted by molar-refractivity contribution is -0.136. The van der Waals surface area contributed by atoms with Gasteiger partial charge in [-0.15, -0.1) is 11.3 Å². The van der Waals surface area contributed by atoms with Gasteiger partial charge in [0.1, 0.15) is 23.4 Å². The number of thiophene rings is 1. The van der Waals surface area contributed by atoms with Crippen LogP contribution in [-0.4, -0.2) is 109 Å². The minimum atomic E-state index is -3.29. The van der Waals surface area contributed by atoms with Gasteiger partial charge < -0.3 is 24.5 Å². The van der Waals surface area contributed by atoms with Crippen molar-refractivity contribution < 1.29 is 37.4 Å². The van der Waals surface area contributed by atoms with E-state index in [1.165, 1.54) is 55.2 Å². The standard InChI is InChI=1S/C51H55F3N6O5S/c1-51(53,54)43-27-35(52)6-13-41(43)48-47(42-15-10-38(61)28-45(42)66-48)65-39-11-7-36(8-12-39)58-22-18-56(19-23-58)29-32-4-2-3-5-33(32)30-57-20-24-59(25-21-57)37-9-14-40-34(26-37)31-60(50(40)64)44-16-17-46(62)55-49(44)63/h6-15,26-28,32-33,44,61H,2-5,16-25,29-31H2,1H3,(H,55,62,63)/t32-,33-,44?/m0/s1. The van der Waals surface area contributed by atoms with Crippen LogP contribution in [0.15, 0.2) is 78.9 Å². The van der Waals surface area contributed by atoms with Crippen LogP contribution in [0.2, 0.25) is 0 Å². The number of benzene rings is 4. The molecule has 4 fully saturated rings. The van der Waals surface area contributed by atoms with E-state index in [0.717, 1.165) is 95.4 Å².